The molecule has 1 aromatic carbocycles. The first-order valence-corrected chi connectivity index (χ1v) is 7.83. The molecular weight excluding hydrogens is 331 g/mol. The summed E-state index contributed by atoms with van der Waals surface area (Å²) >= 11 is 18.1. The molecule has 0 amide bonds. The number of hydrogen-bond donors (Lipinski definition) is 0. The molecule has 0 aliphatic carbocycles. The Bertz CT molecular complexity index is 792. The van der Waals surface area contributed by atoms with Crippen LogP contribution in [0.15, 0.2) is 28.7 Å². The van der Waals surface area contributed by atoms with Gasteiger partial charge in [-0.05, 0) is 31.2 Å². The molecular formula is C15H13Cl3N2O. The molecule has 0 saturated carbocycles. The van der Waals surface area contributed by atoms with Crippen LogP contribution >= 0.6 is 34.8 Å². The molecule has 0 N–H and O–H groups in total. The zero-order chi connectivity index (χ0) is 15.0. The van der Waals surface area contributed by atoms with E-state index in [-0.39, 0.29) is 0 Å². The van der Waals surface area contributed by atoms with Crippen LogP contribution in [0.5, 0.6) is 0 Å². The molecule has 0 bridgehead atoms. The van der Waals surface area contributed by atoms with Crippen LogP contribution in [0.25, 0.3) is 11.0 Å². The number of halogens is 3. The van der Waals surface area contributed by atoms with E-state index in [9.17, 15) is 0 Å². The SMILES string of the molecule is Cc1ccc(Cn2c(CCCl)nc3cc(Cl)c(Cl)cc32)o1. The molecule has 3 aromatic rings. The number of aryl methyl sites for hydroxylation is 2. The van der Waals surface area contributed by atoms with E-state index < -0.39 is 0 Å². The molecule has 0 aliphatic rings. The van der Waals surface area contributed by atoms with Crippen LogP contribution in [0.4, 0.5) is 0 Å². The van der Waals surface area contributed by atoms with Crippen molar-refractivity contribution in [1.82, 2.24) is 9.55 Å². The van der Waals surface area contributed by atoms with E-state index in [0.29, 0.717) is 28.9 Å². The average molecular weight is 344 g/mol. The highest BCUT2D eigenvalue weighted by atomic mass is 35.5. The number of rotatable bonds is 4. The quantitative estimate of drug-likeness (QED) is 0.619. The van der Waals surface area contributed by atoms with Crippen LogP contribution < -0.4 is 0 Å². The van der Waals surface area contributed by atoms with Crippen LogP contribution in [0, 0.1) is 6.92 Å². The van der Waals surface area contributed by atoms with Crippen LogP contribution in [-0.2, 0) is 13.0 Å². The van der Waals surface area contributed by atoms with Gasteiger partial charge in [0.05, 0.1) is 27.6 Å². The predicted octanol–water partition coefficient (Wildman–Crippen LogP) is 5.07. The van der Waals surface area contributed by atoms with Crippen LogP contribution in [0.2, 0.25) is 10.0 Å². The molecule has 6 heteroatoms. The maximum atomic E-state index is 6.13. The van der Waals surface area contributed by atoms with E-state index in [1.807, 2.05) is 25.1 Å². The highest BCUT2D eigenvalue weighted by Crippen LogP contribution is 2.29. The Morgan fingerprint density at radius 1 is 1.19 bits per heavy atom. The number of hydrogen-bond acceptors (Lipinski definition) is 2. The molecule has 0 radical (unpaired) electrons. The lowest BCUT2D eigenvalue weighted by atomic mass is 10.3. The predicted molar refractivity (Wildman–Crippen MR) is 86.7 cm³/mol. The summed E-state index contributed by atoms with van der Waals surface area (Å²) in [4.78, 5) is 4.60. The summed E-state index contributed by atoms with van der Waals surface area (Å²) in [6, 6.07) is 7.52. The van der Waals surface area contributed by atoms with Crippen molar-refractivity contribution in [2.75, 3.05) is 5.88 Å². The molecule has 110 valence electrons. The highest BCUT2D eigenvalue weighted by Gasteiger charge is 2.14. The molecule has 0 spiro atoms. The zero-order valence-corrected chi connectivity index (χ0v) is 13.6. The summed E-state index contributed by atoms with van der Waals surface area (Å²) in [6.07, 6.45) is 0.672. The van der Waals surface area contributed by atoms with Gasteiger partial charge in [0.25, 0.3) is 0 Å². The molecule has 0 atom stereocenters. The molecule has 0 aliphatic heterocycles. The van der Waals surface area contributed by atoms with E-state index in [2.05, 4.69) is 9.55 Å². The van der Waals surface area contributed by atoms with Gasteiger partial charge in [-0.1, -0.05) is 23.2 Å². The molecule has 2 aromatic heterocycles. The van der Waals surface area contributed by atoms with E-state index in [1.165, 1.54) is 0 Å². The van der Waals surface area contributed by atoms with Crippen molar-refractivity contribution in [3.05, 3.63) is 51.7 Å². The van der Waals surface area contributed by atoms with Gasteiger partial charge in [-0.3, -0.25) is 0 Å². The van der Waals surface area contributed by atoms with Crippen LogP contribution in [-0.4, -0.2) is 15.4 Å². The van der Waals surface area contributed by atoms with Crippen molar-refractivity contribution in [1.29, 1.82) is 0 Å². The summed E-state index contributed by atoms with van der Waals surface area (Å²) < 4.78 is 7.72. The second-order valence-electron chi connectivity index (χ2n) is 4.82. The van der Waals surface area contributed by atoms with Gasteiger partial charge in [-0.15, -0.1) is 11.6 Å². The first-order chi connectivity index (χ1) is 10.1. The van der Waals surface area contributed by atoms with E-state index in [4.69, 9.17) is 39.2 Å². The van der Waals surface area contributed by atoms with Gasteiger partial charge >= 0.3 is 0 Å². The number of imidazole rings is 1. The Morgan fingerprint density at radius 3 is 2.62 bits per heavy atom. The van der Waals surface area contributed by atoms with E-state index >= 15 is 0 Å². The molecule has 0 unspecified atom stereocenters. The fourth-order valence-corrected chi connectivity index (χ4v) is 2.83. The van der Waals surface area contributed by atoms with Gasteiger partial charge in [0.15, 0.2) is 0 Å². The Balaban J connectivity index is 2.12. The number of aromatic nitrogens is 2. The number of fused-ring (bicyclic) bond motifs is 1. The topological polar surface area (TPSA) is 31.0 Å². The number of nitrogens with zero attached hydrogens (tertiary/aromatic N) is 2. The molecule has 21 heavy (non-hydrogen) atoms. The van der Waals surface area contributed by atoms with Crippen LogP contribution in [0.1, 0.15) is 17.3 Å². The van der Waals surface area contributed by atoms with Crippen molar-refractivity contribution >= 4 is 45.8 Å². The monoisotopic (exact) mass is 342 g/mol. The fourth-order valence-electron chi connectivity index (χ4n) is 2.35. The normalized spacial score (nSPS) is 11.4. The van der Waals surface area contributed by atoms with Gasteiger partial charge < -0.3 is 8.98 Å². The smallest absolute Gasteiger partial charge is 0.123 e. The standard InChI is InChI=1S/C15H13Cl3N2O/c1-9-2-3-10(21-9)8-20-14-7-12(18)11(17)6-13(14)19-15(20)4-5-16/h2-3,6-7H,4-5,8H2,1H3. The first kappa shape index (κ1) is 14.8. The third-order valence-electron chi connectivity index (χ3n) is 3.30. The summed E-state index contributed by atoms with van der Waals surface area (Å²) in [6.45, 7) is 2.51. The lowest BCUT2D eigenvalue weighted by Gasteiger charge is -2.07. The van der Waals surface area contributed by atoms with Gasteiger partial charge in [-0.25, -0.2) is 4.98 Å². The van der Waals surface area contributed by atoms with E-state index in [1.54, 1.807) is 6.07 Å². The van der Waals surface area contributed by atoms with Crippen molar-refractivity contribution < 1.29 is 4.42 Å². The Morgan fingerprint density at radius 2 is 1.95 bits per heavy atom. The molecule has 3 rings (SSSR count). The van der Waals surface area contributed by atoms with Gasteiger partial charge in [0, 0.05) is 12.3 Å². The lowest BCUT2D eigenvalue weighted by Crippen LogP contribution is -2.05. The third-order valence-corrected chi connectivity index (χ3v) is 4.21. The van der Waals surface area contributed by atoms with Crippen molar-refractivity contribution in [2.24, 2.45) is 0 Å². The van der Waals surface area contributed by atoms with Gasteiger partial charge in [0.2, 0.25) is 0 Å². The highest BCUT2D eigenvalue weighted by molar-refractivity contribution is 6.42. The lowest BCUT2D eigenvalue weighted by molar-refractivity contribution is 0.469. The third kappa shape index (κ3) is 2.91. The zero-order valence-electron chi connectivity index (χ0n) is 11.4. The minimum atomic E-state index is 0.500. The Hall–Kier alpha value is -1.16. The fraction of sp³-hybridized carbons (Fsp3) is 0.267. The summed E-state index contributed by atoms with van der Waals surface area (Å²) in [5.41, 5.74) is 1.74. The second-order valence-corrected chi connectivity index (χ2v) is 6.01. The number of benzene rings is 1. The van der Waals surface area contributed by atoms with Crippen LogP contribution in [0.3, 0.4) is 0 Å². The van der Waals surface area contributed by atoms with Crippen molar-refractivity contribution in [3.8, 4) is 0 Å². The minimum Gasteiger partial charge on any atom is -0.464 e. The molecule has 0 fully saturated rings. The maximum Gasteiger partial charge on any atom is 0.123 e. The molecule has 2 heterocycles. The van der Waals surface area contributed by atoms with Gasteiger partial charge in [-0.2, -0.15) is 0 Å². The van der Waals surface area contributed by atoms with Gasteiger partial charge in [0.1, 0.15) is 17.3 Å². The first-order valence-electron chi connectivity index (χ1n) is 6.54. The average Bonchev–Trinajstić information content (AvgIpc) is 2.97. The summed E-state index contributed by atoms with van der Waals surface area (Å²) in [7, 11) is 0. The Labute approximate surface area is 137 Å². The van der Waals surface area contributed by atoms with E-state index in [0.717, 1.165) is 28.4 Å². The largest absolute Gasteiger partial charge is 0.464 e. The second kappa shape index (κ2) is 5.91. The van der Waals surface area contributed by atoms with Crippen molar-refractivity contribution in [2.45, 2.75) is 19.9 Å². The number of alkyl halides is 1. The summed E-state index contributed by atoms with van der Waals surface area (Å²) in [5.74, 6) is 3.15. The molecule has 0 saturated heterocycles. The van der Waals surface area contributed by atoms with Crippen molar-refractivity contribution in [3.63, 3.8) is 0 Å². The molecule has 3 nitrogen and oxygen atoms in total. The Kier molecular flexibility index (Phi) is 4.16. The minimum absolute atomic E-state index is 0.500. The summed E-state index contributed by atoms with van der Waals surface area (Å²) in [5, 5.41) is 1.01. The maximum absolute atomic E-state index is 6.13. The number of furan rings is 1.